The Balaban J connectivity index is 1.78. The zero-order chi connectivity index (χ0) is 18.3. The Bertz CT molecular complexity index is 972. The van der Waals surface area contributed by atoms with E-state index >= 15 is 4.39 Å². The van der Waals surface area contributed by atoms with E-state index in [9.17, 15) is 8.78 Å². The highest BCUT2D eigenvalue weighted by Crippen LogP contribution is 2.42. The molecule has 3 heteroatoms. The summed E-state index contributed by atoms with van der Waals surface area (Å²) in [6.45, 7) is 2.15. The van der Waals surface area contributed by atoms with Gasteiger partial charge in [0, 0.05) is 12.0 Å². The standard InChI is InChI=1S/C23H19F3/c1-2-3-4-14-5-10-18-16(11-14)12-20-19(18)13-21(25)22(23(20)26)15-6-8-17(24)9-7-15/h5-11,13H,2-4,12H2,1H3. The van der Waals surface area contributed by atoms with E-state index in [2.05, 4.69) is 13.0 Å². The van der Waals surface area contributed by atoms with Gasteiger partial charge in [0.2, 0.25) is 0 Å². The van der Waals surface area contributed by atoms with Gasteiger partial charge in [-0.3, -0.25) is 0 Å². The maximum absolute atomic E-state index is 15.2. The molecule has 0 saturated carbocycles. The molecule has 132 valence electrons. The molecule has 4 rings (SSSR count). The van der Waals surface area contributed by atoms with Gasteiger partial charge in [0.15, 0.2) is 0 Å². The first-order valence-electron chi connectivity index (χ1n) is 8.97. The number of aryl methyl sites for hydroxylation is 1. The molecule has 0 heterocycles. The predicted octanol–water partition coefficient (Wildman–Crippen LogP) is 6.68. The van der Waals surface area contributed by atoms with Crippen LogP contribution in [0.25, 0.3) is 22.3 Å². The third-order valence-corrected chi connectivity index (χ3v) is 5.10. The summed E-state index contributed by atoms with van der Waals surface area (Å²) in [5, 5.41) is 0. The summed E-state index contributed by atoms with van der Waals surface area (Å²) < 4.78 is 43.0. The average molecular weight is 352 g/mol. The maximum Gasteiger partial charge on any atom is 0.138 e. The number of benzene rings is 3. The van der Waals surface area contributed by atoms with Crippen LogP contribution in [0.5, 0.6) is 0 Å². The monoisotopic (exact) mass is 352 g/mol. The quantitative estimate of drug-likeness (QED) is 0.384. The minimum Gasteiger partial charge on any atom is -0.207 e. The molecule has 0 unspecified atom stereocenters. The summed E-state index contributed by atoms with van der Waals surface area (Å²) >= 11 is 0. The molecule has 1 aliphatic carbocycles. The molecule has 0 bridgehead atoms. The van der Waals surface area contributed by atoms with Crippen molar-refractivity contribution in [3.05, 3.63) is 82.7 Å². The molecule has 0 N–H and O–H groups in total. The summed E-state index contributed by atoms with van der Waals surface area (Å²) in [6.07, 6.45) is 3.70. The predicted molar refractivity (Wildman–Crippen MR) is 98.6 cm³/mol. The Labute approximate surface area is 151 Å². The highest BCUT2D eigenvalue weighted by Gasteiger charge is 2.27. The topological polar surface area (TPSA) is 0 Å². The van der Waals surface area contributed by atoms with E-state index in [1.54, 1.807) is 0 Å². The molecule has 0 atom stereocenters. The molecule has 0 amide bonds. The van der Waals surface area contributed by atoms with Gasteiger partial charge in [0.1, 0.15) is 17.5 Å². The van der Waals surface area contributed by atoms with Crippen LogP contribution in [0.15, 0.2) is 48.5 Å². The summed E-state index contributed by atoms with van der Waals surface area (Å²) in [6, 6.07) is 12.8. The zero-order valence-corrected chi connectivity index (χ0v) is 14.6. The highest BCUT2D eigenvalue weighted by molar-refractivity contribution is 5.81. The van der Waals surface area contributed by atoms with Gasteiger partial charge in [-0.05, 0) is 58.9 Å². The van der Waals surface area contributed by atoms with Crippen molar-refractivity contribution in [1.82, 2.24) is 0 Å². The van der Waals surface area contributed by atoms with Gasteiger partial charge in [-0.2, -0.15) is 0 Å². The van der Waals surface area contributed by atoms with Crippen molar-refractivity contribution < 1.29 is 13.2 Å². The number of rotatable bonds is 4. The van der Waals surface area contributed by atoms with Gasteiger partial charge in [-0.25, -0.2) is 13.2 Å². The Hall–Kier alpha value is -2.55. The second-order valence-electron chi connectivity index (χ2n) is 6.85. The molecule has 3 aromatic rings. The van der Waals surface area contributed by atoms with Crippen molar-refractivity contribution in [1.29, 1.82) is 0 Å². The van der Waals surface area contributed by atoms with Crippen LogP contribution in [0.3, 0.4) is 0 Å². The SMILES string of the molecule is CCCCc1ccc2c(c1)Cc1c-2cc(F)c(-c2ccc(F)cc2)c1F. The van der Waals surface area contributed by atoms with E-state index in [1.165, 1.54) is 35.9 Å². The van der Waals surface area contributed by atoms with E-state index in [0.717, 1.165) is 30.4 Å². The molecule has 0 aromatic heterocycles. The lowest BCUT2D eigenvalue weighted by Gasteiger charge is -2.10. The van der Waals surface area contributed by atoms with Crippen molar-refractivity contribution >= 4 is 0 Å². The van der Waals surface area contributed by atoms with E-state index < -0.39 is 17.5 Å². The lowest BCUT2D eigenvalue weighted by atomic mass is 9.97. The van der Waals surface area contributed by atoms with Crippen molar-refractivity contribution in [2.24, 2.45) is 0 Å². The summed E-state index contributed by atoms with van der Waals surface area (Å²) in [7, 11) is 0. The average Bonchev–Trinajstić information content (AvgIpc) is 2.99. The normalized spacial score (nSPS) is 12.2. The third-order valence-electron chi connectivity index (χ3n) is 5.10. The van der Waals surface area contributed by atoms with Crippen molar-refractivity contribution in [2.75, 3.05) is 0 Å². The lowest BCUT2D eigenvalue weighted by Crippen LogP contribution is -1.97. The van der Waals surface area contributed by atoms with Crippen LogP contribution in [-0.2, 0) is 12.8 Å². The van der Waals surface area contributed by atoms with Gasteiger partial charge in [0.25, 0.3) is 0 Å². The largest absolute Gasteiger partial charge is 0.207 e. The van der Waals surface area contributed by atoms with Gasteiger partial charge in [-0.15, -0.1) is 0 Å². The number of hydrogen-bond acceptors (Lipinski definition) is 0. The van der Waals surface area contributed by atoms with E-state index in [1.807, 2.05) is 12.1 Å². The van der Waals surface area contributed by atoms with Crippen LogP contribution in [0.1, 0.15) is 36.5 Å². The summed E-state index contributed by atoms with van der Waals surface area (Å²) in [5.74, 6) is -1.59. The third kappa shape index (κ3) is 2.82. The van der Waals surface area contributed by atoms with Crippen LogP contribution in [0, 0.1) is 17.5 Å². The van der Waals surface area contributed by atoms with Crippen molar-refractivity contribution in [3.63, 3.8) is 0 Å². The fourth-order valence-corrected chi connectivity index (χ4v) is 3.74. The molecule has 0 nitrogen and oxygen atoms in total. The molecular formula is C23H19F3. The molecule has 26 heavy (non-hydrogen) atoms. The van der Waals surface area contributed by atoms with E-state index in [4.69, 9.17) is 0 Å². The van der Waals surface area contributed by atoms with E-state index in [-0.39, 0.29) is 5.56 Å². The maximum atomic E-state index is 15.2. The van der Waals surface area contributed by atoms with Crippen LogP contribution in [-0.4, -0.2) is 0 Å². The fourth-order valence-electron chi connectivity index (χ4n) is 3.74. The first kappa shape index (κ1) is 16.9. The van der Waals surface area contributed by atoms with Crippen LogP contribution >= 0.6 is 0 Å². The molecule has 0 saturated heterocycles. The molecular weight excluding hydrogens is 333 g/mol. The fraction of sp³-hybridized carbons (Fsp3) is 0.217. The molecule has 1 aliphatic rings. The Morgan fingerprint density at radius 2 is 1.65 bits per heavy atom. The summed E-state index contributed by atoms with van der Waals surface area (Å²) in [4.78, 5) is 0. The van der Waals surface area contributed by atoms with E-state index in [0.29, 0.717) is 23.1 Å². The van der Waals surface area contributed by atoms with Gasteiger partial charge >= 0.3 is 0 Å². The van der Waals surface area contributed by atoms with Crippen molar-refractivity contribution in [2.45, 2.75) is 32.6 Å². The first-order chi connectivity index (χ1) is 12.6. The number of fused-ring (bicyclic) bond motifs is 3. The second kappa shape index (κ2) is 6.64. The molecule has 0 fully saturated rings. The van der Waals surface area contributed by atoms with Crippen LogP contribution < -0.4 is 0 Å². The number of halogens is 3. The van der Waals surface area contributed by atoms with Gasteiger partial charge in [-0.1, -0.05) is 43.7 Å². The Kier molecular flexibility index (Phi) is 4.31. The smallest absolute Gasteiger partial charge is 0.138 e. The van der Waals surface area contributed by atoms with Crippen molar-refractivity contribution in [3.8, 4) is 22.3 Å². The van der Waals surface area contributed by atoms with Gasteiger partial charge in [0.05, 0.1) is 5.56 Å². The summed E-state index contributed by atoms with van der Waals surface area (Å²) in [5.41, 5.74) is 4.60. The minimum absolute atomic E-state index is 0.0808. The minimum atomic E-state index is -0.615. The molecule has 3 aromatic carbocycles. The number of hydrogen-bond donors (Lipinski definition) is 0. The zero-order valence-electron chi connectivity index (χ0n) is 14.6. The van der Waals surface area contributed by atoms with Crippen LogP contribution in [0.2, 0.25) is 0 Å². The molecule has 0 radical (unpaired) electrons. The second-order valence-corrected chi connectivity index (χ2v) is 6.85. The molecule has 0 aliphatic heterocycles. The first-order valence-corrected chi connectivity index (χ1v) is 8.97. The number of unbranched alkanes of at least 4 members (excludes halogenated alkanes) is 1. The Morgan fingerprint density at radius 1 is 0.885 bits per heavy atom. The lowest BCUT2D eigenvalue weighted by molar-refractivity contribution is 0.583. The Morgan fingerprint density at radius 3 is 2.38 bits per heavy atom. The highest BCUT2D eigenvalue weighted by atomic mass is 19.1. The van der Waals surface area contributed by atoms with Crippen LogP contribution in [0.4, 0.5) is 13.2 Å². The molecule has 0 spiro atoms. The van der Waals surface area contributed by atoms with Gasteiger partial charge < -0.3 is 0 Å².